The summed E-state index contributed by atoms with van der Waals surface area (Å²) in [6.07, 6.45) is 1.42. The summed E-state index contributed by atoms with van der Waals surface area (Å²) in [5, 5.41) is 0. The van der Waals surface area contributed by atoms with Crippen LogP contribution in [0.15, 0.2) is 18.3 Å². The zero-order valence-corrected chi connectivity index (χ0v) is 9.47. The van der Waals surface area contributed by atoms with Crippen molar-refractivity contribution in [3.63, 3.8) is 0 Å². The molecule has 0 aliphatic carbocycles. The van der Waals surface area contributed by atoms with Crippen LogP contribution in [0.5, 0.6) is 0 Å². The first kappa shape index (κ1) is 12.4. The predicted octanol–water partition coefficient (Wildman–Crippen LogP) is 0.784. The summed E-state index contributed by atoms with van der Waals surface area (Å²) in [5.41, 5.74) is 6.70. The number of pyridine rings is 1. The van der Waals surface area contributed by atoms with Crippen LogP contribution in [0.1, 0.15) is 12.6 Å². The first-order valence-electron chi connectivity index (χ1n) is 5.00. The van der Waals surface area contributed by atoms with E-state index in [2.05, 4.69) is 4.98 Å². The number of hydrogen-bond acceptors (Lipinski definition) is 5. The normalized spacial score (nSPS) is 12.1. The van der Waals surface area contributed by atoms with Crippen molar-refractivity contribution in [2.45, 2.75) is 19.4 Å². The third kappa shape index (κ3) is 4.27. The van der Waals surface area contributed by atoms with Crippen molar-refractivity contribution in [3.05, 3.63) is 24.0 Å². The van der Waals surface area contributed by atoms with Crippen molar-refractivity contribution < 1.29 is 14.3 Å². The summed E-state index contributed by atoms with van der Waals surface area (Å²) < 4.78 is 9.95. The highest BCUT2D eigenvalue weighted by Crippen LogP contribution is 2.03. The van der Waals surface area contributed by atoms with Crippen molar-refractivity contribution in [2.75, 3.05) is 19.5 Å². The highest BCUT2D eigenvalue weighted by atomic mass is 16.6. The highest BCUT2D eigenvalue weighted by molar-refractivity contribution is 5.72. The first-order valence-corrected chi connectivity index (χ1v) is 5.00. The van der Waals surface area contributed by atoms with Gasteiger partial charge in [-0.3, -0.25) is 9.78 Å². The Kier molecular flexibility index (Phi) is 4.72. The van der Waals surface area contributed by atoms with Gasteiger partial charge in [0.25, 0.3) is 0 Å². The largest absolute Gasteiger partial charge is 0.460 e. The number of nitrogens with two attached hydrogens (primary N) is 1. The van der Waals surface area contributed by atoms with Crippen LogP contribution in [-0.2, 0) is 20.7 Å². The van der Waals surface area contributed by atoms with Gasteiger partial charge < -0.3 is 15.2 Å². The number of ether oxygens (including phenoxy) is 2. The van der Waals surface area contributed by atoms with Gasteiger partial charge in [-0.1, -0.05) is 0 Å². The van der Waals surface area contributed by atoms with Crippen molar-refractivity contribution >= 4 is 11.7 Å². The Morgan fingerprint density at radius 3 is 2.88 bits per heavy atom. The smallest absolute Gasteiger partial charge is 0.312 e. The van der Waals surface area contributed by atoms with E-state index in [1.807, 2.05) is 0 Å². The molecule has 16 heavy (non-hydrogen) atoms. The number of carbonyl (C=O) groups is 1. The first-order chi connectivity index (χ1) is 7.61. The fraction of sp³-hybridized carbons (Fsp3) is 0.455. The Labute approximate surface area is 94.6 Å². The number of rotatable bonds is 5. The van der Waals surface area contributed by atoms with Crippen LogP contribution >= 0.6 is 0 Å². The van der Waals surface area contributed by atoms with Gasteiger partial charge in [-0.05, 0) is 19.1 Å². The van der Waals surface area contributed by atoms with Gasteiger partial charge in [0.2, 0.25) is 0 Å². The van der Waals surface area contributed by atoms with Crippen LogP contribution in [0.3, 0.4) is 0 Å². The number of hydrogen-bond donors (Lipinski definition) is 1. The molecule has 5 nitrogen and oxygen atoms in total. The molecule has 1 atom stereocenters. The van der Waals surface area contributed by atoms with Crippen LogP contribution < -0.4 is 5.73 Å². The Morgan fingerprint density at radius 2 is 2.31 bits per heavy atom. The molecular formula is C11H16N2O3. The molecule has 0 aromatic carbocycles. The Morgan fingerprint density at radius 1 is 1.56 bits per heavy atom. The van der Waals surface area contributed by atoms with E-state index < -0.39 is 0 Å². The van der Waals surface area contributed by atoms with Crippen molar-refractivity contribution in [1.82, 2.24) is 4.98 Å². The number of nitrogens with zero attached hydrogens (tertiary/aromatic N) is 1. The molecule has 0 spiro atoms. The highest BCUT2D eigenvalue weighted by Gasteiger charge is 2.10. The number of esters is 1. The molecule has 1 rings (SSSR count). The van der Waals surface area contributed by atoms with E-state index in [0.717, 1.165) is 0 Å². The maximum Gasteiger partial charge on any atom is 0.312 e. The zero-order valence-electron chi connectivity index (χ0n) is 9.47. The van der Waals surface area contributed by atoms with Crippen LogP contribution in [0.4, 0.5) is 5.69 Å². The minimum Gasteiger partial charge on any atom is -0.460 e. The molecular weight excluding hydrogens is 208 g/mol. The average Bonchev–Trinajstić information content (AvgIpc) is 2.21. The molecule has 1 unspecified atom stereocenters. The third-order valence-electron chi connectivity index (χ3n) is 1.91. The van der Waals surface area contributed by atoms with E-state index in [1.54, 1.807) is 26.2 Å². The van der Waals surface area contributed by atoms with E-state index in [9.17, 15) is 4.79 Å². The fourth-order valence-electron chi connectivity index (χ4n) is 1.22. The van der Waals surface area contributed by atoms with Crippen LogP contribution in [0.25, 0.3) is 0 Å². The van der Waals surface area contributed by atoms with E-state index in [0.29, 0.717) is 18.0 Å². The van der Waals surface area contributed by atoms with Gasteiger partial charge in [0, 0.05) is 7.11 Å². The molecule has 0 aliphatic rings. The summed E-state index contributed by atoms with van der Waals surface area (Å²) >= 11 is 0. The summed E-state index contributed by atoms with van der Waals surface area (Å²) in [4.78, 5) is 15.4. The summed E-state index contributed by atoms with van der Waals surface area (Å²) in [6, 6.07) is 3.41. The molecule has 0 bridgehead atoms. The maximum atomic E-state index is 11.4. The van der Waals surface area contributed by atoms with Gasteiger partial charge in [-0.25, -0.2) is 0 Å². The molecule has 0 radical (unpaired) electrons. The molecule has 0 amide bonds. The summed E-state index contributed by atoms with van der Waals surface area (Å²) in [7, 11) is 1.56. The lowest BCUT2D eigenvalue weighted by molar-refractivity contribution is -0.149. The molecule has 0 aliphatic heterocycles. The lowest BCUT2D eigenvalue weighted by Crippen LogP contribution is -2.21. The van der Waals surface area contributed by atoms with Crippen LogP contribution in [0, 0.1) is 0 Å². The molecule has 0 saturated heterocycles. The lowest BCUT2D eigenvalue weighted by atomic mass is 10.2. The second kappa shape index (κ2) is 6.07. The quantitative estimate of drug-likeness (QED) is 0.748. The van der Waals surface area contributed by atoms with E-state index in [1.165, 1.54) is 6.20 Å². The van der Waals surface area contributed by atoms with Gasteiger partial charge in [-0.2, -0.15) is 0 Å². The van der Waals surface area contributed by atoms with Crippen LogP contribution in [-0.4, -0.2) is 30.8 Å². The standard InChI is InChI=1S/C11H16N2O3/c1-8(7-15-2)16-11(14)5-10-4-3-9(12)6-13-10/h3-4,6,8H,5,7,12H2,1-2H3. The molecule has 1 aromatic heterocycles. The van der Waals surface area contributed by atoms with Crippen molar-refractivity contribution in [3.8, 4) is 0 Å². The predicted molar refractivity (Wildman–Crippen MR) is 59.8 cm³/mol. The van der Waals surface area contributed by atoms with Gasteiger partial charge in [0.05, 0.1) is 30.6 Å². The van der Waals surface area contributed by atoms with E-state index >= 15 is 0 Å². The second-order valence-corrected chi connectivity index (χ2v) is 3.52. The van der Waals surface area contributed by atoms with Gasteiger partial charge in [0.15, 0.2) is 0 Å². The maximum absolute atomic E-state index is 11.4. The summed E-state index contributed by atoms with van der Waals surface area (Å²) in [5.74, 6) is -0.318. The molecule has 1 heterocycles. The summed E-state index contributed by atoms with van der Waals surface area (Å²) in [6.45, 7) is 2.17. The fourth-order valence-corrected chi connectivity index (χ4v) is 1.22. The SMILES string of the molecule is COCC(C)OC(=O)Cc1ccc(N)cn1. The topological polar surface area (TPSA) is 74.4 Å². The molecule has 0 fully saturated rings. The van der Waals surface area contributed by atoms with Gasteiger partial charge >= 0.3 is 5.97 Å². The Bertz CT molecular complexity index is 338. The number of methoxy groups -OCH3 is 1. The number of nitrogen functional groups attached to an aromatic ring is 1. The Hall–Kier alpha value is -1.62. The minimum atomic E-state index is -0.318. The number of carbonyl (C=O) groups excluding carboxylic acids is 1. The monoisotopic (exact) mass is 224 g/mol. The number of anilines is 1. The molecule has 88 valence electrons. The zero-order chi connectivity index (χ0) is 12.0. The third-order valence-corrected chi connectivity index (χ3v) is 1.91. The van der Waals surface area contributed by atoms with E-state index in [4.69, 9.17) is 15.2 Å². The molecule has 1 aromatic rings. The number of aromatic nitrogens is 1. The lowest BCUT2D eigenvalue weighted by Gasteiger charge is -2.11. The molecule has 2 N–H and O–H groups in total. The van der Waals surface area contributed by atoms with Gasteiger partial charge in [0.1, 0.15) is 6.10 Å². The molecule has 5 heteroatoms. The Balaban J connectivity index is 2.42. The molecule has 0 saturated carbocycles. The second-order valence-electron chi connectivity index (χ2n) is 3.52. The minimum absolute atomic E-state index is 0.147. The van der Waals surface area contributed by atoms with Crippen LogP contribution in [0.2, 0.25) is 0 Å². The van der Waals surface area contributed by atoms with Crippen molar-refractivity contribution in [1.29, 1.82) is 0 Å². The van der Waals surface area contributed by atoms with E-state index in [-0.39, 0.29) is 18.5 Å². The van der Waals surface area contributed by atoms with Gasteiger partial charge in [-0.15, -0.1) is 0 Å². The van der Waals surface area contributed by atoms with Crippen molar-refractivity contribution in [2.24, 2.45) is 0 Å². The average molecular weight is 224 g/mol.